The SMILES string of the molecule is O=C1CC(=O)CC2(CCCC2)C1. The minimum absolute atomic E-state index is 0.117. The highest BCUT2D eigenvalue weighted by atomic mass is 16.1. The quantitative estimate of drug-likeness (QED) is 0.515. The molecular weight excluding hydrogens is 152 g/mol. The van der Waals surface area contributed by atoms with E-state index in [0.717, 1.165) is 12.8 Å². The summed E-state index contributed by atoms with van der Waals surface area (Å²) in [6, 6.07) is 0. The van der Waals surface area contributed by atoms with Gasteiger partial charge < -0.3 is 0 Å². The van der Waals surface area contributed by atoms with E-state index in [-0.39, 0.29) is 23.4 Å². The van der Waals surface area contributed by atoms with Crippen LogP contribution < -0.4 is 0 Å². The zero-order valence-corrected chi connectivity index (χ0v) is 7.27. The van der Waals surface area contributed by atoms with Gasteiger partial charge in [-0.2, -0.15) is 0 Å². The monoisotopic (exact) mass is 166 g/mol. The number of carbonyl (C=O) groups is 2. The third-order valence-corrected chi connectivity index (χ3v) is 3.20. The Bertz CT molecular complexity index is 206. The van der Waals surface area contributed by atoms with Crippen molar-refractivity contribution in [1.29, 1.82) is 0 Å². The molecule has 0 saturated heterocycles. The van der Waals surface area contributed by atoms with E-state index in [2.05, 4.69) is 0 Å². The predicted molar refractivity (Wildman–Crippen MR) is 44.8 cm³/mol. The first-order valence-electron chi connectivity index (χ1n) is 4.74. The molecule has 0 aromatic heterocycles. The van der Waals surface area contributed by atoms with Crippen molar-refractivity contribution >= 4 is 11.6 Å². The predicted octanol–water partition coefficient (Wildman–Crippen LogP) is 1.87. The van der Waals surface area contributed by atoms with Crippen molar-refractivity contribution in [2.45, 2.75) is 44.9 Å². The van der Waals surface area contributed by atoms with Gasteiger partial charge >= 0.3 is 0 Å². The maximum absolute atomic E-state index is 11.2. The molecule has 2 heteroatoms. The summed E-state index contributed by atoms with van der Waals surface area (Å²) in [4.78, 5) is 22.4. The average Bonchev–Trinajstić information content (AvgIpc) is 2.33. The Morgan fingerprint density at radius 2 is 1.42 bits per heavy atom. The van der Waals surface area contributed by atoms with Crippen LogP contribution in [0.2, 0.25) is 0 Å². The molecule has 0 bridgehead atoms. The molecule has 0 N–H and O–H groups in total. The van der Waals surface area contributed by atoms with Crippen molar-refractivity contribution in [1.82, 2.24) is 0 Å². The van der Waals surface area contributed by atoms with Gasteiger partial charge in [-0.15, -0.1) is 0 Å². The Kier molecular flexibility index (Phi) is 1.78. The Hall–Kier alpha value is -0.660. The van der Waals surface area contributed by atoms with Crippen LogP contribution in [-0.2, 0) is 9.59 Å². The van der Waals surface area contributed by atoms with Gasteiger partial charge in [0.15, 0.2) is 0 Å². The van der Waals surface area contributed by atoms with Crippen molar-refractivity contribution in [3.05, 3.63) is 0 Å². The normalized spacial score (nSPS) is 28.3. The van der Waals surface area contributed by atoms with Crippen LogP contribution in [0.15, 0.2) is 0 Å². The summed E-state index contributed by atoms with van der Waals surface area (Å²) >= 11 is 0. The van der Waals surface area contributed by atoms with E-state index in [1.54, 1.807) is 0 Å². The van der Waals surface area contributed by atoms with Crippen LogP contribution in [0.5, 0.6) is 0 Å². The first kappa shape index (κ1) is 7.96. The maximum Gasteiger partial charge on any atom is 0.140 e. The summed E-state index contributed by atoms with van der Waals surface area (Å²) < 4.78 is 0. The lowest BCUT2D eigenvalue weighted by molar-refractivity contribution is -0.134. The van der Waals surface area contributed by atoms with E-state index in [1.807, 2.05) is 0 Å². The van der Waals surface area contributed by atoms with Crippen molar-refractivity contribution < 1.29 is 9.59 Å². The lowest BCUT2D eigenvalue weighted by atomic mass is 9.72. The highest BCUT2D eigenvalue weighted by Gasteiger charge is 2.41. The highest BCUT2D eigenvalue weighted by molar-refractivity contribution is 6.02. The van der Waals surface area contributed by atoms with Crippen LogP contribution in [-0.4, -0.2) is 11.6 Å². The molecule has 0 aliphatic heterocycles. The van der Waals surface area contributed by atoms with E-state index in [4.69, 9.17) is 0 Å². The van der Waals surface area contributed by atoms with Crippen LogP contribution >= 0.6 is 0 Å². The molecule has 0 aromatic rings. The minimum atomic E-state index is 0.117. The van der Waals surface area contributed by atoms with E-state index in [0.29, 0.717) is 12.8 Å². The summed E-state index contributed by atoms with van der Waals surface area (Å²) in [5.41, 5.74) is 0.117. The second-order valence-electron chi connectivity index (χ2n) is 4.31. The number of hydrogen-bond donors (Lipinski definition) is 0. The van der Waals surface area contributed by atoms with Gasteiger partial charge in [0.25, 0.3) is 0 Å². The van der Waals surface area contributed by atoms with Gasteiger partial charge in [0.2, 0.25) is 0 Å². The van der Waals surface area contributed by atoms with E-state index >= 15 is 0 Å². The Labute approximate surface area is 72.3 Å². The molecular formula is C10H14O2. The second-order valence-corrected chi connectivity index (χ2v) is 4.31. The number of rotatable bonds is 0. The van der Waals surface area contributed by atoms with Gasteiger partial charge in [-0.05, 0) is 18.3 Å². The van der Waals surface area contributed by atoms with Gasteiger partial charge in [-0.25, -0.2) is 0 Å². The lowest BCUT2D eigenvalue weighted by Crippen LogP contribution is -2.31. The van der Waals surface area contributed by atoms with Crippen molar-refractivity contribution in [3.8, 4) is 0 Å². The summed E-state index contributed by atoms with van der Waals surface area (Å²) in [6.07, 6.45) is 6.19. The zero-order chi connectivity index (χ0) is 8.60. The molecule has 0 amide bonds. The van der Waals surface area contributed by atoms with E-state index in [1.165, 1.54) is 12.8 Å². The van der Waals surface area contributed by atoms with Crippen LogP contribution in [0, 0.1) is 5.41 Å². The van der Waals surface area contributed by atoms with Crippen molar-refractivity contribution in [2.24, 2.45) is 5.41 Å². The fourth-order valence-electron chi connectivity index (χ4n) is 2.72. The zero-order valence-electron chi connectivity index (χ0n) is 7.27. The fourth-order valence-corrected chi connectivity index (χ4v) is 2.72. The lowest BCUT2D eigenvalue weighted by Gasteiger charge is -2.30. The molecule has 0 atom stereocenters. The smallest absolute Gasteiger partial charge is 0.140 e. The third kappa shape index (κ3) is 1.30. The Balaban J connectivity index is 2.14. The van der Waals surface area contributed by atoms with Gasteiger partial charge in [0.1, 0.15) is 11.6 Å². The molecule has 2 nitrogen and oxygen atoms in total. The Morgan fingerprint density at radius 1 is 0.917 bits per heavy atom. The van der Waals surface area contributed by atoms with Crippen LogP contribution in [0.4, 0.5) is 0 Å². The molecule has 2 rings (SSSR count). The molecule has 2 aliphatic rings. The highest BCUT2D eigenvalue weighted by Crippen LogP contribution is 2.46. The van der Waals surface area contributed by atoms with Gasteiger partial charge in [0.05, 0.1) is 6.42 Å². The van der Waals surface area contributed by atoms with Gasteiger partial charge in [-0.3, -0.25) is 9.59 Å². The van der Waals surface area contributed by atoms with Crippen LogP contribution in [0.3, 0.4) is 0 Å². The summed E-state index contributed by atoms with van der Waals surface area (Å²) in [5.74, 6) is 0.348. The minimum Gasteiger partial charge on any atom is -0.299 e. The topological polar surface area (TPSA) is 34.1 Å². The molecule has 2 aliphatic carbocycles. The van der Waals surface area contributed by atoms with Crippen molar-refractivity contribution in [3.63, 3.8) is 0 Å². The molecule has 0 radical (unpaired) electrons. The van der Waals surface area contributed by atoms with Gasteiger partial charge in [0, 0.05) is 12.8 Å². The molecule has 2 fully saturated rings. The summed E-state index contributed by atoms with van der Waals surface area (Å²) in [6.45, 7) is 0. The molecule has 66 valence electrons. The maximum atomic E-state index is 11.2. The molecule has 2 saturated carbocycles. The van der Waals surface area contributed by atoms with Crippen LogP contribution in [0.25, 0.3) is 0 Å². The third-order valence-electron chi connectivity index (χ3n) is 3.20. The number of ketones is 2. The number of Topliss-reactive ketones (excluding diaryl/α,β-unsaturated/α-hetero) is 2. The first-order valence-corrected chi connectivity index (χ1v) is 4.74. The number of hydrogen-bond acceptors (Lipinski definition) is 2. The molecule has 0 unspecified atom stereocenters. The van der Waals surface area contributed by atoms with E-state index in [9.17, 15) is 9.59 Å². The standard InChI is InChI=1S/C10H14O2/c11-8-5-9(12)7-10(6-8)3-1-2-4-10/h1-7H2. The van der Waals surface area contributed by atoms with Gasteiger partial charge in [-0.1, -0.05) is 12.8 Å². The Morgan fingerprint density at radius 3 is 1.92 bits per heavy atom. The molecule has 1 spiro atoms. The van der Waals surface area contributed by atoms with E-state index < -0.39 is 0 Å². The fraction of sp³-hybridized carbons (Fsp3) is 0.800. The average molecular weight is 166 g/mol. The first-order chi connectivity index (χ1) is 5.70. The molecule has 0 aromatic carbocycles. The van der Waals surface area contributed by atoms with Crippen LogP contribution in [0.1, 0.15) is 44.9 Å². The summed E-state index contributed by atoms with van der Waals surface area (Å²) in [5, 5.41) is 0. The second kappa shape index (κ2) is 2.68. The summed E-state index contributed by atoms with van der Waals surface area (Å²) in [7, 11) is 0. The largest absolute Gasteiger partial charge is 0.299 e. The van der Waals surface area contributed by atoms with Crippen molar-refractivity contribution in [2.75, 3.05) is 0 Å². The molecule has 0 heterocycles. The number of carbonyl (C=O) groups excluding carboxylic acids is 2. The molecule has 12 heavy (non-hydrogen) atoms.